The van der Waals surface area contributed by atoms with Gasteiger partial charge in [-0.25, -0.2) is 8.78 Å². The van der Waals surface area contributed by atoms with Crippen LogP contribution in [-0.4, -0.2) is 258 Å². The van der Waals surface area contributed by atoms with Crippen molar-refractivity contribution in [3.63, 3.8) is 0 Å². The van der Waals surface area contributed by atoms with Crippen molar-refractivity contribution in [3.05, 3.63) is 197 Å². The Bertz CT molecular complexity index is 5900. The molecule has 9 aliphatic rings. The normalized spacial score (nSPS) is 22.8. The van der Waals surface area contributed by atoms with Gasteiger partial charge in [0, 0.05) is 165 Å². The van der Waals surface area contributed by atoms with Gasteiger partial charge in [0.05, 0.1) is 92.0 Å². The van der Waals surface area contributed by atoms with Crippen molar-refractivity contribution in [2.45, 2.75) is 164 Å². The lowest BCUT2D eigenvalue weighted by Crippen LogP contribution is -2.56. The summed E-state index contributed by atoms with van der Waals surface area (Å²) >= 11 is 0. The number of likely N-dealkylation sites (tertiary alicyclic amines) is 3. The summed E-state index contributed by atoms with van der Waals surface area (Å²) < 4.78 is 53.5. The van der Waals surface area contributed by atoms with Gasteiger partial charge in [0.2, 0.25) is 11.8 Å². The largest absolute Gasteiger partial charge is 0.462 e. The Hall–Kier alpha value is -12.2. The molecule has 18 rings (SSSR count). The number of hydrogen-bond donors (Lipinski definition) is 1. The third kappa shape index (κ3) is 18.0. The summed E-state index contributed by atoms with van der Waals surface area (Å²) in [4.78, 5) is 84.3. The molecule has 0 bridgehead atoms. The lowest BCUT2D eigenvalue weighted by molar-refractivity contribution is -0.129. The Morgan fingerprint density at radius 3 is 1.45 bits per heavy atom. The Morgan fingerprint density at radius 2 is 0.938 bits per heavy atom. The lowest BCUT2D eigenvalue weighted by atomic mass is 9.91. The molecule has 6 saturated heterocycles. The number of fused-ring (bicyclic) bond motifs is 6. The highest BCUT2D eigenvalue weighted by Gasteiger charge is 2.41. The number of aromatic nitrogens is 6. The number of nitriles is 3. The number of anilines is 6. The molecule has 6 fully saturated rings. The second kappa shape index (κ2) is 38.2. The quantitative estimate of drug-likeness (QED) is 0.0435. The fourth-order valence-electron chi connectivity index (χ4n) is 21.8. The minimum Gasteiger partial charge on any atom is -0.462 e. The lowest BCUT2D eigenvalue weighted by Gasteiger charge is -2.43. The first-order valence-corrected chi connectivity index (χ1v) is 46.0. The molecule has 9 aliphatic heterocycles. The monoisotopic (exact) mass is 1740 g/mol. The van der Waals surface area contributed by atoms with Crippen LogP contribution in [0.15, 0.2) is 135 Å². The first kappa shape index (κ1) is 87.5. The van der Waals surface area contributed by atoms with E-state index in [-0.39, 0.29) is 109 Å². The number of likely N-dealkylation sites (N-methyl/N-ethyl adjacent to an activating group) is 3. The van der Waals surface area contributed by atoms with E-state index in [0.29, 0.717) is 148 Å². The van der Waals surface area contributed by atoms with E-state index >= 15 is 8.78 Å². The zero-order chi connectivity index (χ0) is 89.3. The van der Waals surface area contributed by atoms with Gasteiger partial charge in [-0.3, -0.25) is 24.3 Å². The van der Waals surface area contributed by atoms with Gasteiger partial charge < -0.3 is 63.4 Å². The number of piperazine rings is 3. The van der Waals surface area contributed by atoms with Crippen molar-refractivity contribution < 1.29 is 37.7 Å². The van der Waals surface area contributed by atoms with E-state index in [1.54, 1.807) is 21.9 Å². The maximum Gasteiger partial charge on any atom is 0.318 e. The van der Waals surface area contributed by atoms with Gasteiger partial charge in [0.15, 0.2) is 0 Å². The van der Waals surface area contributed by atoms with Gasteiger partial charge in [0.1, 0.15) is 55.1 Å². The molecule has 0 saturated carbocycles. The topological polar surface area (TPSA) is 270 Å². The molecule has 0 aliphatic carbocycles. The number of aliphatic hydroxyl groups is 1. The summed E-state index contributed by atoms with van der Waals surface area (Å²) in [5.41, 5.74) is 11.4. The highest BCUT2D eigenvalue weighted by molar-refractivity contribution is 5.98. The highest BCUT2D eigenvalue weighted by Crippen LogP contribution is 2.45. The third-order valence-corrected chi connectivity index (χ3v) is 28.8. The number of hydrogen-bond acceptors (Lipinski definition) is 25. The summed E-state index contributed by atoms with van der Waals surface area (Å²) in [6.07, 6.45) is 11.6. The van der Waals surface area contributed by atoms with E-state index in [9.17, 15) is 30.5 Å². The minimum absolute atomic E-state index is 0.00948. The molecule has 0 radical (unpaired) electrons. The molecular formula is C100H115F2N21O6. The number of carbonyl (C=O) groups is 2. The summed E-state index contributed by atoms with van der Waals surface area (Å²) in [6.45, 7) is 24.2. The van der Waals surface area contributed by atoms with E-state index in [1.165, 1.54) is 35.2 Å². The zero-order valence-corrected chi connectivity index (χ0v) is 74.5. The Kier molecular flexibility index (Phi) is 25.9. The van der Waals surface area contributed by atoms with Crippen LogP contribution in [-0.2, 0) is 48.5 Å². The van der Waals surface area contributed by atoms with Crippen molar-refractivity contribution in [2.24, 2.45) is 0 Å². The van der Waals surface area contributed by atoms with Crippen LogP contribution < -0.4 is 43.6 Å². The van der Waals surface area contributed by atoms with Gasteiger partial charge in [0.25, 0.3) is 0 Å². The van der Waals surface area contributed by atoms with Crippen LogP contribution in [0.3, 0.4) is 0 Å². The molecule has 9 aromatic rings. The highest BCUT2D eigenvalue weighted by atomic mass is 19.1. The average Bonchev–Trinajstić information content (AvgIpc) is 1.73. The number of aryl methyl sites for hydroxylation is 1. The molecule has 3 unspecified atom stereocenters. The van der Waals surface area contributed by atoms with Crippen LogP contribution in [0.2, 0.25) is 0 Å². The molecule has 6 aromatic carbocycles. The molecule has 1 N–H and O–H groups in total. The van der Waals surface area contributed by atoms with Crippen LogP contribution in [0.1, 0.15) is 127 Å². The van der Waals surface area contributed by atoms with E-state index in [0.717, 1.165) is 153 Å². The van der Waals surface area contributed by atoms with Gasteiger partial charge in [-0.05, 0) is 187 Å². The fraction of sp³-hybridized carbons (Fsp3) is 0.470. The second-order valence-corrected chi connectivity index (χ2v) is 36.5. The average molecular weight is 1750 g/mol. The molecular weight excluding hydrogens is 1630 g/mol. The summed E-state index contributed by atoms with van der Waals surface area (Å²) in [7, 11) is 6.40. The van der Waals surface area contributed by atoms with Crippen LogP contribution in [0.5, 0.6) is 18.0 Å². The van der Waals surface area contributed by atoms with Crippen molar-refractivity contribution in [1.29, 1.82) is 15.8 Å². The van der Waals surface area contributed by atoms with Gasteiger partial charge in [-0.2, -0.15) is 45.7 Å². The maximum absolute atomic E-state index is 16.7. The third-order valence-electron chi connectivity index (χ3n) is 28.8. The van der Waals surface area contributed by atoms with Gasteiger partial charge in [-0.1, -0.05) is 86.5 Å². The molecule has 12 heterocycles. The molecule has 3 aromatic heterocycles. The number of nitrogens with zero attached hydrogens (tertiary/aromatic N) is 21. The van der Waals surface area contributed by atoms with E-state index in [4.69, 9.17) is 44.1 Å². The first-order valence-electron chi connectivity index (χ1n) is 46.0. The van der Waals surface area contributed by atoms with Crippen LogP contribution in [0.25, 0.3) is 32.3 Å². The van der Waals surface area contributed by atoms with Crippen LogP contribution >= 0.6 is 0 Å². The Morgan fingerprint density at radius 1 is 0.473 bits per heavy atom. The molecule has 29 heteroatoms. The molecule has 2 amide bonds. The molecule has 670 valence electrons. The number of benzene rings is 6. The summed E-state index contributed by atoms with van der Waals surface area (Å²) in [5.74, 6) is 1.34. The zero-order valence-electron chi connectivity index (χ0n) is 74.5. The van der Waals surface area contributed by atoms with Crippen LogP contribution in [0, 0.1) is 52.6 Å². The second-order valence-electron chi connectivity index (χ2n) is 36.5. The van der Waals surface area contributed by atoms with Crippen molar-refractivity contribution in [1.82, 2.24) is 59.3 Å². The van der Waals surface area contributed by atoms with E-state index in [2.05, 4.69) is 147 Å². The van der Waals surface area contributed by atoms with Crippen LogP contribution in [0.4, 0.5) is 43.3 Å². The van der Waals surface area contributed by atoms with Crippen molar-refractivity contribution >= 4 is 78.6 Å². The first-order chi connectivity index (χ1) is 62.8. The standard InChI is InChI=1S/C100H115F2N21O6/c1-8-91(124)121-44-41-118(55-70(121)31-34-103)95-80-26-17-39-116(59-87(80)106-98(109-95)127-61-73-21-15-37-112(73)5)90-52-67(50-83-78(90)24-14-28-84(83)101)69-48-75(114(7)54-69)63-128-99-107-86-58-115(38-16-25-79(86)96(110-99)119-42-45-122(92(125)9-2)71(56-119)32-35-104)89-51-66(49-82-64(4)19-13-23-77(82)89)68-47-74(113(6)53-68)62-129-100-108-88-60-117(94-76-22-12-11-20-65(76)29-30-85(94)102)40-18-27-81(88)97(111-100)120-43-46-123(93(126)10-3)72(57-120)33-36-105/h8-14,19-20,22-24,28-30,49-52,68-75,93,126H,1-3,15-18,21,25-27,31-33,37-48,53-63H2,4-7H3/t68?,69?,70-,71-,72-,73-,74-,75-,93?/m0/s1. The molecule has 9 atom stereocenters. The number of rotatable bonds is 24. The Balaban J connectivity index is 0.618. The van der Waals surface area contributed by atoms with Crippen molar-refractivity contribution in [3.8, 4) is 36.2 Å². The predicted molar refractivity (Wildman–Crippen MR) is 496 cm³/mol. The molecule has 129 heavy (non-hydrogen) atoms. The number of amides is 2. The number of halogens is 2. The number of carbonyl (C=O) groups excluding carboxylic acids is 2. The summed E-state index contributed by atoms with van der Waals surface area (Å²) in [6, 6.07) is 39.0. The Labute approximate surface area is 753 Å². The fourth-order valence-corrected chi connectivity index (χ4v) is 21.8. The smallest absolute Gasteiger partial charge is 0.318 e. The maximum atomic E-state index is 16.7. The number of ether oxygens (including phenoxy) is 3. The minimum atomic E-state index is -0.907. The van der Waals surface area contributed by atoms with E-state index in [1.807, 2.05) is 47.4 Å². The molecule has 0 spiro atoms. The predicted octanol–water partition coefficient (Wildman–Crippen LogP) is 12.3. The molecule has 27 nitrogen and oxygen atoms in total. The van der Waals surface area contributed by atoms with Crippen molar-refractivity contribution in [2.75, 3.05) is 169 Å². The van der Waals surface area contributed by atoms with Gasteiger partial charge in [-0.15, -0.1) is 0 Å². The van der Waals surface area contributed by atoms with E-state index < -0.39 is 12.3 Å². The van der Waals surface area contributed by atoms with Gasteiger partial charge >= 0.3 is 18.0 Å². The number of aliphatic hydroxyl groups excluding tert-OH is 1. The summed E-state index contributed by atoms with van der Waals surface area (Å²) in [5, 5.41) is 46.8. The SMILES string of the molecule is C=CC(=O)N1CCN(c2nc(OC[C@@H]3CC(c4cc(N5CCCc6c(nc(OC[C@@H]7CCCN7C)nc6N6CCN(C(=O)C=C)[C@@H](CC#N)C6)C5)c5cccc(F)c5c4)CN3C)nc3c2CCCN(c2cc(C4C[C@@H](COc5nc6c(c(N7CCN(C(O)C=C)[C@@H](CC#N)C7)n5)CCCN(c5c(F)ccc7ccccc57)C6)N(C)C4)cc4c(C)cccc24)C3)C[C@@H]1CC#N.